The number of amides is 2. The first-order valence-electron chi connectivity index (χ1n) is 8.28. The molecular weight excluding hydrogens is 335 g/mol. The van der Waals surface area contributed by atoms with Gasteiger partial charge in [-0.05, 0) is 42.3 Å². The highest BCUT2D eigenvalue weighted by Crippen LogP contribution is 2.14. The maximum absolute atomic E-state index is 13.0. The number of hydrogen-bond acceptors (Lipinski definition) is 4. The molecule has 0 aliphatic heterocycles. The summed E-state index contributed by atoms with van der Waals surface area (Å²) in [5.74, 6) is -0.551. The molecule has 0 bridgehead atoms. The van der Waals surface area contributed by atoms with Crippen LogP contribution < -0.4 is 15.5 Å². The van der Waals surface area contributed by atoms with Crippen LogP contribution in [0.3, 0.4) is 0 Å². The van der Waals surface area contributed by atoms with Crippen LogP contribution >= 0.6 is 0 Å². The van der Waals surface area contributed by atoms with E-state index in [-0.39, 0.29) is 11.8 Å². The van der Waals surface area contributed by atoms with Crippen molar-refractivity contribution in [3.8, 4) is 0 Å². The number of nitrogens with zero attached hydrogens (tertiary/aromatic N) is 2. The summed E-state index contributed by atoms with van der Waals surface area (Å²) in [7, 11) is 3.75. The van der Waals surface area contributed by atoms with E-state index in [2.05, 4.69) is 15.6 Å². The fourth-order valence-corrected chi connectivity index (χ4v) is 2.31. The Labute approximate surface area is 152 Å². The molecule has 0 aliphatic carbocycles. The fraction of sp³-hybridized carbons (Fsp3) is 0.316. The van der Waals surface area contributed by atoms with Gasteiger partial charge in [-0.15, -0.1) is 0 Å². The van der Waals surface area contributed by atoms with Crippen molar-refractivity contribution in [3.05, 3.63) is 54.0 Å². The number of hydrogen-bond donors (Lipinski definition) is 2. The lowest BCUT2D eigenvalue weighted by atomic mass is 10.0. The second kappa shape index (κ2) is 8.42. The van der Waals surface area contributed by atoms with Gasteiger partial charge in [-0.1, -0.05) is 13.8 Å². The molecule has 1 heterocycles. The van der Waals surface area contributed by atoms with E-state index in [0.717, 1.165) is 5.82 Å². The number of nitrogens with one attached hydrogen (secondary N) is 2. The van der Waals surface area contributed by atoms with Crippen LogP contribution in [0.1, 0.15) is 24.2 Å². The Morgan fingerprint density at radius 2 is 1.73 bits per heavy atom. The van der Waals surface area contributed by atoms with Gasteiger partial charge in [0.25, 0.3) is 5.91 Å². The van der Waals surface area contributed by atoms with Gasteiger partial charge in [0.2, 0.25) is 5.91 Å². The summed E-state index contributed by atoms with van der Waals surface area (Å²) in [6.07, 6.45) is 1.56. The number of aromatic nitrogens is 1. The molecule has 0 fully saturated rings. The Bertz CT molecular complexity index is 758. The number of pyridine rings is 1. The average Bonchev–Trinajstić information content (AvgIpc) is 2.60. The molecule has 1 aromatic heterocycles. The van der Waals surface area contributed by atoms with Crippen molar-refractivity contribution in [2.75, 3.05) is 24.3 Å². The second-order valence-corrected chi connectivity index (χ2v) is 6.49. The molecule has 1 aromatic carbocycles. The second-order valence-electron chi connectivity index (χ2n) is 6.49. The first-order valence-corrected chi connectivity index (χ1v) is 8.28. The monoisotopic (exact) mass is 358 g/mol. The van der Waals surface area contributed by atoms with E-state index in [9.17, 15) is 14.0 Å². The summed E-state index contributed by atoms with van der Waals surface area (Å²) < 4.78 is 13.0. The summed E-state index contributed by atoms with van der Waals surface area (Å²) in [6, 6.07) is 7.97. The quantitative estimate of drug-likeness (QED) is 0.833. The van der Waals surface area contributed by atoms with Crippen LogP contribution in [0.5, 0.6) is 0 Å². The number of benzene rings is 1. The molecule has 2 rings (SSSR count). The van der Waals surface area contributed by atoms with Crippen molar-refractivity contribution in [3.63, 3.8) is 0 Å². The van der Waals surface area contributed by atoms with E-state index in [1.54, 1.807) is 18.3 Å². The number of anilines is 2. The van der Waals surface area contributed by atoms with Crippen LogP contribution in [0.4, 0.5) is 15.9 Å². The Hall–Kier alpha value is -2.96. The Morgan fingerprint density at radius 3 is 2.23 bits per heavy atom. The number of carbonyl (C=O) groups excluding carboxylic acids is 2. The summed E-state index contributed by atoms with van der Waals surface area (Å²) in [6.45, 7) is 3.67. The van der Waals surface area contributed by atoms with Gasteiger partial charge < -0.3 is 15.5 Å². The van der Waals surface area contributed by atoms with Crippen molar-refractivity contribution >= 4 is 23.3 Å². The molecule has 138 valence electrons. The molecule has 6 nitrogen and oxygen atoms in total. The van der Waals surface area contributed by atoms with Gasteiger partial charge in [-0.25, -0.2) is 9.37 Å². The highest BCUT2D eigenvalue weighted by atomic mass is 19.1. The van der Waals surface area contributed by atoms with E-state index < -0.39 is 17.8 Å². The summed E-state index contributed by atoms with van der Waals surface area (Å²) in [5.41, 5.74) is 0.837. The van der Waals surface area contributed by atoms with E-state index >= 15 is 0 Å². The molecule has 2 aromatic rings. The zero-order chi connectivity index (χ0) is 19.3. The third kappa shape index (κ3) is 5.02. The van der Waals surface area contributed by atoms with Crippen LogP contribution in [0.25, 0.3) is 0 Å². The van der Waals surface area contributed by atoms with E-state index in [1.807, 2.05) is 32.8 Å². The van der Waals surface area contributed by atoms with E-state index in [0.29, 0.717) is 11.3 Å². The van der Waals surface area contributed by atoms with Crippen molar-refractivity contribution in [2.24, 2.45) is 5.92 Å². The topological polar surface area (TPSA) is 74.3 Å². The first-order chi connectivity index (χ1) is 12.3. The molecule has 0 radical (unpaired) electrons. The fourth-order valence-electron chi connectivity index (χ4n) is 2.31. The maximum atomic E-state index is 13.0. The molecule has 0 saturated heterocycles. The van der Waals surface area contributed by atoms with Crippen molar-refractivity contribution in [1.29, 1.82) is 0 Å². The minimum Gasteiger partial charge on any atom is -0.363 e. The minimum atomic E-state index is -0.735. The normalized spacial score (nSPS) is 11.8. The van der Waals surface area contributed by atoms with Gasteiger partial charge in [0.15, 0.2) is 0 Å². The van der Waals surface area contributed by atoms with Crippen molar-refractivity contribution in [1.82, 2.24) is 10.3 Å². The van der Waals surface area contributed by atoms with Crippen LogP contribution in [-0.2, 0) is 4.79 Å². The molecule has 2 amide bonds. The highest BCUT2D eigenvalue weighted by Gasteiger charge is 2.25. The average molecular weight is 358 g/mol. The maximum Gasteiger partial charge on any atom is 0.251 e. The Balaban J connectivity index is 2.07. The van der Waals surface area contributed by atoms with Gasteiger partial charge >= 0.3 is 0 Å². The number of carbonyl (C=O) groups is 2. The molecule has 2 N–H and O–H groups in total. The number of rotatable bonds is 6. The van der Waals surface area contributed by atoms with E-state index in [1.165, 1.54) is 24.3 Å². The molecular formula is C19H23FN4O2. The molecule has 0 unspecified atom stereocenters. The largest absolute Gasteiger partial charge is 0.363 e. The van der Waals surface area contributed by atoms with Gasteiger partial charge in [0, 0.05) is 19.7 Å². The molecule has 0 spiro atoms. The zero-order valence-electron chi connectivity index (χ0n) is 15.3. The van der Waals surface area contributed by atoms with Gasteiger partial charge in [0.05, 0.1) is 11.9 Å². The van der Waals surface area contributed by atoms with Crippen LogP contribution in [0, 0.1) is 11.7 Å². The highest BCUT2D eigenvalue weighted by molar-refractivity contribution is 6.01. The van der Waals surface area contributed by atoms with E-state index in [4.69, 9.17) is 0 Å². The Morgan fingerprint density at radius 1 is 1.08 bits per heavy atom. The molecule has 26 heavy (non-hydrogen) atoms. The van der Waals surface area contributed by atoms with Crippen molar-refractivity contribution < 1.29 is 14.0 Å². The SMILES string of the molecule is CC(C)[C@@H](NC(=O)c1ccc(F)cc1)C(=O)Nc1ccc(N(C)C)nc1. The predicted octanol–water partition coefficient (Wildman–Crippen LogP) is 2.68. The van der Waals surface area contributed by atoms with Crippen LogP contribution in [-0.4, -0.2) is 36.9 Å². The standard InChI is InChI=1S/C19H23FN4O2/c1-12(2)17(23-18(25)13-5-7-14(20)8-6-13)19(26)22-15-9-10-16(21-11-15)24(3)4/h5-12,17H,1-4H3,(H,22,26)(H,23,25)/t17-/m1/s1. The third-order valence-electron chi connectivity index (χ3n) is 3.82. The lowest BCUT2D eigenvalue weighted by molar-refractivity contribution is -0.118. The summed E-state index contributed by atoms with van der Waals surface area (Å²) >= 11 is 0. The first kappa shape index (κ1) is 19.4. The minimum absolute atomic E-state index is 0.131. The van der Waals surface area contributed by atoms with Crippen LogP contribution in [0.2, 0.25) is 0 Å². The Kier molecular flexibility index (Phi) is 6.27. The number of halogens is 1. The lowest BCUT2D eigenvalue weighted by Crippen LogP contribution is -2.47. The summed E-state index contributed by atoms with van der Waals surface area (Å²) in [5, 5.41) is 5.46. The molecule has 0 aliphatic rings. The molecule has 0 saturated carbocycles. The summed E-state index contributed by atoms with van der Waals surface area (Å²) in [4.78, 5) is 31.0. The van der Waals surface area contributed by atoms with Gasteiger partial charge in [0.1, 0.15) is 17.7 Å². The predicted molar refractivity (Wildman–Crippen MR) is 99.7 cm³/mol. The van der Waals surface area contributed by atoms with Crippen LogP contribution in [0.15, 0.2) is 42.6 Å². The van der Waals surface area contributed by atoms with Gasteiger partial charge in [-0.2, -0.15) is 0 Å². The molecule has 1 atom stereocenters. The lowest BCUT2D eigenvalue weighted by Gasteiger charge is -2.22. The smallest absolute Gasteiger partial charge is 0.251 e. The van der Waals surface area contributed by atoms with Gasteiger partial charge in [-0.3, -0.25) is 9.59 Å². The zero-order valence-corrected chi connectivity index (χ0v) is 15.3. The third-order valence-corrected chi connectivity index (χ3v) is 3.82. The molecule has 7 heteroatoms. The van der Waals surface area contributed by atoms with Crippen molar-refractivity contribution in [2.45, 2.75) is 19.9 Å².